The summed E-state index contributed by atoms with van der Waals surface area (Å²) < 4.78 is 39.6. The molecule has 0 unspecified atom stereocenters. The summed E-state index contributed by atoms with van der Waals surface area (Å²) in [5, 5.41) is 9.02. The Morgan fingerprint density at radius 2 is 1.67 bits per heavy atom. The average molecular weight is 509 g/mol. The Balaban J connectivity index is 1.54. The Kier molecular flexibility index (Phi) is 9.30. The van der Waals surface area contributed by atoms with Crippen LogP contribution in [0.5, 0.6) is 0 Å². The third-order valence-electron chi connectivity index (χ3n) is 6.28. The number of nitrogens with zero attached hydrogens (tertiary/aromatic N) is 5. The molecule has 1 aromatic heterocycles. The smallest absolute Gasteiger partial charge is 0.357 e. The molecule has 0 radical (unpaired) electrons. The van der Waals surface area contributed by atoms with Crippen molar-refractivity contribution in [1.29, 1.82) is 0 Å². The molecule has 1 saturated carbocycles. The predicted molar refractivity (Wildman–Crippen MR) is 134 cm³/mol. The molecule has 9 nitrogen and oxygen atoms in total. The van der Waals surface area contributed by atoms with E-state index in [-0.39, 0.29) is 30.0 Å². The van der Waals surface area contributed by atoms with E-state index in [1.807, 2.05) is 26.0 Å². The standard InChI is InChI=1S/C24H35F3N8O/c1-28-21-31-22(33-23(32-21)35(4)14-13-34(2)3)30-18-11-9-16(10-12-18)20(36)29-15-17-7-5-6-8-19(17)24(25,26)27/h5-8,16,18H,9-15H2,1-4H3,(H,29,36)(H2,28,30,31,32,33)/t16-,18+. The van der Waals surface area contributed by atoms with E-state index < -0.39 is 11.7 Å². The van der Waals surface area contributed by atoms with E-state index in [0.717, 1.165) is 32.0 Å². The van der Waals surface area contributed by atoms with Gasteiger partial charge in [-0.25, -0.2) is 0 Å². The van der Waals surface area contributed by atoms with Gasteiger partial charge in [0.15, 0.2) is 0 Å². The second-order valence-corrected chi connectivity index (χ2v) is 9.32. The summed E-state index contributed by atoms with van der Waals surface area (Å²) in [5.74, 6) is 1.04. The molecule has 0 bridgehead atoms. The molecule has 198 valence electrons. The number of hydrogen-bond donors (Lipinski definition) is 3. The van der Waals surface area contributed by atoms with Gasteiger partial charge in [-0.15, -0.1) is 0 Å². The topological polar surface area (TPSA) is 98.3 Å². The summed E-state index contributed by atoms with van der Waals surface area (Å²) in [7, 11) is 7.69. The average Bonchev–Trinajstić information content (AvgIpc) is 2.85. The van der Waals surface area contributed by atoms with Crippen molar-refractivity contribution in [3.63, 3.8) is 0 Å². The summed E-state index contributed by atoms with van der Waals surface area (Å²) in [4.78, 5) is 30.1. The largest absolute Gasteiger partial charge is 0.416 e. The zero-order valence-electron chi connectivity index (χ0n) is 21.2. The molecule has 1 heterocycles. The van der Waals surface area contributed by atoms with Crippen molar-refractivity contribution in [3.05, 3.63) is 35.4 Å². The fourth-order valence-electron chi connectivity index (χ4n) is 4.12. The molecule has 1 amide bonds. The minimum atomic E-state index is -4.45. The molecule has 3 N–H and O–H groups in total. The lowest BCUT2D eigenvalue weighted by Crippen LogP contribution is -2.36. The lowest BCUT2D eigenvalue weighted by Gasteiger charge is -2.29. The first kappa shape index (κ1) is 27.4. The number of nitrogens with one attached hydrogen (secondary N) is 3. The molecule has 1 aliphatic rings. The van der Waals surface area contributed by atoms with Crippen molar-refractivity contribution < 1.29 is 18.0 Å². The molecule has 36 heavy (non-hydrogen) atoms. The quantitative estimate of drug-likeness (QED) is 0.450. The molecule has 1 aromatic carbocycles. The van der Waals surface area contributed by atoms with Crippen LogP contribution in [0.4, 0.5) is 31.0 Å². The Hall–Kier alpha value is -3.15. The number of carbonyl (C=O) groups is 1. The van der Waals surface area contributed by atoms with Gasteiger partial charge >= 0.3 is 6.18 Å². The first-order valence-corrected chi connectivity index (χ1v) is 12.1. The second-order valence-electron chi connectivity index (χ2n) is 9.32. The molecule has 0 aliphatic heterocycles. The van der Waals surface area contributed by atoms with Crippen LogP contribution in [-0.2, 0) is 17.5 Å². The van der Waals surface area contributed by atoms with Crippen molar-refractivity contribution in [2.45, 2.75) is 44.4 Å². The number of anilines is 3. The summed E-state index contributed by atoms with van der Waals surface area (Å²) in [6, 6.07) is 5.40. The van der Waals surface area contributed by atoms with Crippen LogP contribution in [0.2, 0.25) is 0 Å². The Labute approximate surface area is 209 Å². The number of amides is 1. The molecule has 0 atom stereocenters. The summed E-state index contributed by atoms with van der Waals surface area (Å²) in [6.07, 6.45) is -1.74. The van der Waals surface area contributed by atoms with Crippen LogP contribution in [0, 0.1) is 5.92 Å². The van der Waals surface area contributed by atoms with E-state index in [1.165, 1.54) is 12.1 Å². The molecule has 0 spiro atoms. The van der Waals surface area contributed by atoms with E-state index in [9.17, 15) is 18.0 Å². The summed E-state index contributed by atoms with van der Waals surface area (Å²) in [6.45, 7) is 1.47. The number of carbonyl (C=O) groups excluding carboxylic acids is 1. The van der Waals surface area contributed by atoms with Crippen LogP contribution in [0.3, 0.4) is 0 Å². The third kappa shape index (κ3) is 7.67. The van der Waals surface area contributed by atoms with Crippen LogP contribution in [0.15, 0.2) is 24.3 Å². The molecule has 3 rings (SSSR count). The number of alkyl halides is 3. The second kappa shape index (κ2) is 12.2. The zero-order chi connectivity index (χ0) is 26.3. The number of hydrogen-bond acceptors (Lipinski definition) is 8. The maximum atomic E-state index is 13.2. The highest BCUT2D eigenvalue weighted by Gasteiger charge is 2.33. The normalized spacial score (nSPS) is 18.1. The fraction of sp³-hybridized carbons (Fsp3) is 0.583. The number of halogens is 3. The van der Waals surface area contributed by atoms with Gasteiger partial charge in [0.2, 0.25) is 23.8 Å². The van der Waals surface area contributed by atoms with Gasteiger partial charge in [-0.1, -0.05) is 18.2 Å². The summed E-state index contributed by atoms with van der Waals surface area (Å²) in [5.41, 5.74) is -0.654. The van der Waals surface area contributed by atoms with Gasteiger partial charge in [0.05, 0.1) is 5.56 Å². The predicted octanol–water partition coefficient (Wildman–Crippen LogP) is 3.22. The van der Waals surface area contributed by atoms with Gasteiger partial charge in [0.1, 0.15) is 0 Å². The number of rotatable bonds is 10. The molecule has 0 saturated heterocycles. The van der Waals surface area contributed by atoms with Crippen LogP contribution in [0.25, 0.3) is 0 Å². The molecule has 12 heteroatoms. The molecule has 1 fully saturated rings. The molecular formula is C24H35F3N8O. The SMILES string of the molecule is CNc1nc(N[C@H]2CC[C@@H](C(=O)NCc3ccccc3C(F)(F)F)CC2)nc(N(C)CCN(C)C)n1. The Morgan fingerprint density at radius 1 is 1.00 bits per heavy atom. The number of benzene rings is 1. The van der Waals surface area contributed by atoms with E-state index in [0.29, 0.717) is 30.7 Å². The lowest BCUT2D eigenvalue weighted by atomic mass is 9.85. The van der Waals surface area contributed by atoms with Crippen molar-refractivity contribution in [3.8, 4) is 0 Å². The van der Waals surface area contributed by atoms with Gasteiger partial charge < -0.3 is 25.8 Å². The van der Waals surface area contributed by atoms with E-state index in [1.54, 1.807) is 13.1 Å². The highest BCUT2D eigenvalue weighted by Crippen LogP contribution is 2.32. The van der Waals surface area contributed by atoms with Crippen molar-refractivity contribution in [2.75, 3.05) is 56.8 Å². The lowest BCUT2D eigenvalue weighted by molar-refractivity contribution is -0.138. The van der Waals surface area contributed by atoms with Crippen molar-refractivity contribution in [1.82, 2.24) is 25.2 Å². The van der Waals surface area contributed by atoms with Crippen molar-refractivity contribution >= 4 is 23.8 Å². The monoisotopic (exact) mass is 508 g/mol. The van der Waals surface area contributed by atoms with E-state index >= 15 is 0 Å². The van der Waals surface area contributed by atoms with Gasteiger partial charge in [-0.2, -0.15) is 28.1 Å². The van der Waals surface area contributed by atoms with Crippen LogP contribution < -0.4 is 20.9 Å². The number of aromatic nitrogens is 3. The maximum Gasteiger partial charge on any atom is 0.416 e. The van der Waals surface area contributed by atoms with Gasteiger partial charge in [-0.3, -0.25) is 4.79 Å². The summed E-state index contributed by atoms with van der Waals surface area (Å²) >= 11 is 0. The van der Waals surface area contributed by atoms with Gasteiger partial charge in [0, 0.05) is 45.7 Å². The van der Waals surface area contributed by atoms with E-state index in [2.05, 4.69) is 35.8 Å². The maximum absolute atomic E-state index is 13.2. The van der Waals surface area contributed by atoms with Crippen molar-refractivity contribution in [2.24, 2.45) is 5.92 Å². The minimum Gasteiger partial charge on any atom is -0.357 e. The first-order chi connectivity index (χ1) is 17.1. The highest BCUT2D eigenvalue weighted by atomic mass is 19.4. The van der Waals surface area contributed by atoms with Gasteiger partial charge in [0.25, 0.3) is 0 Å². The Bertz CT molecular complexity index is 1010. The molecular weight excluding hydrogens is 473 g/mol. The van der Waals surface area contributed by atoms with Crippen LogP contribution >= 0.6 is 0 Å². The Morgan fingerprint density at radius 3 is 2.31 bits per heavy atom. The fourth-order valence-corrected chi connectivity index (χ4v) is 4.12. The highest BCUT2D eigenvalue weighted by molar-refractivity contribution is 5.78. The third-order valence-corrected chi connectivity index (χ3v) is 6.28. The first-order valence-electron chi connectivity index (χ1n) is 12.1. The minimum absolute atomic E-state index is 0.0650. The number of likely N-dealkylation sites (N-methyl/N-ethyl adjacent to an activating group) is 2. The molecule has 1 aliphatic carbocycles. The zero-order valence-corrected chi connectivity index (χ0v) is 21.2. The van der Waals surface area contributed by atoms with Crippen LogP contribution in [0.1, 0.15) is 36.8 Å². The molecule has 2 aromatic rings. The van der Waals surface area contributed by atoms with E-state index in [4.69, 9.17) is 0 Å². The van der Waals surface area contributed by atoms with Crippen LogP contribution in [-0.4, -0.2) is 73.1 Å². The van der Waals surface area contributed by atoms with Gasteiger partial charge in [-0.05, 0) is 51.4 Å².